The van der Waals surface area contributed by atoms with Gasteiger partial charge in [-0.05, 0) is 53.6 Å². The van der Waals surface area contributed by atoms with Crippen LogP contribution >= 0.6 is 15.9 Å². The van der Waals surface area contributed by atoms with Gasteiger partial charge in [0.2, 0.25) is 0 Å². The first-order valence-corrected chi connectivity index (χ1v) is 5.81. The topological polar surface area (TPSA) is 52.5 Å². The molecule has 3 nitrogen and oxygen atoms in total. The summed E-state index contributed by atoms with van der Waals surface area (Å²) in [5, 5.41) is 22.3. The molecular formula is C11H15BrFNO2. The molecule has 1 aromatic rings. The van der Waals surface area contributed by atoms with Crippen molar-refractivity contribution in [2.45, 2.75) is 18.6 Å². The number of hydrogen-bond acceptors (Lipinski definition) is 3. The molecule has 1 rings (SSSR count). The van der Waals surface area contributed by atoms with Gasteiger partial charge >= 0.3 is 0 Å². The number of aliphatic hydroxyl groups excluding tert-OH is 2. The lowest BCUT2D eigenvalue weighted by molar-refractivity contribution is 0.0139. The second kappa shape index (κ2) is 6.30. The highest BCUT2D eigenvalue weighted by Gasteiger charge is 2.18. The molecule has 0 fully saturated rings. The molecule has 0 heterocycles. The third-order valence-corrected chi connectivity index (χ3v) is 2.98. The molecule has 0 aliphatic carbocycles. The predicted octanol–water partition coefficient (Wildman–Crippen LogP) is 1.59. The van der Waals surface area contributed by atoms with Crippen molar-refractivity contribution in [3.63, 3.8) is 0 Å². The van der Waals surface area contributed by atoms with Crippen LogP contribution in [0.5, 0.6) is 0 Å². The fourth-order valence-electron chi connectivity index (χ4n) is 1.37. The summed E-state index contributed by atoms with van der Waals surface area (Å²) in [6.07, 6.45) is -1.54. The summed E-state index contributed by atoms with van der Waals surface area (Å²) in [5.41, 5.74) is 0.379. The van der Waals surface area contributed by atoms with Crippen molar-refractivity contribution < 1.29 is 14.6 Å². The Morgan fingerprint density at radius 2 is 2.12 bits per heavy atom. The molecule has 3 N–H and O–H groups in total. The van der Waals surface area contributed by atoms with E-state index in [4.69, 9.17) is 0 Å². The van der Waals surface area contributed by atoms with Crippen LogP contribution in [-0.2, 0) is 0 Å². The number of halogens is 2. The molecule has 1 aromatic carbocycles. The van der Waals surface area contributed by atoms with Gasteiger partial charge in [-0.1, -0.05) is 6.07 Å². The van der Waals surface area contributed by atoms with Crippen LogP contribution < -0.4 is 5.32 Å². The van der Waals surface area contributed by atoms with E-state index in [0.717, 1.165) is 0 Å². The van der Waals surface area contributed by atoms with Gasteiger partial charge in [0.1, 0.15) is 11.9 Å². The Hall–Kier alpha value is -0.490. The van der Waals surface area contributed by atoms with Crippen LogP contribution in [0.1, 0.15) is 18.1 Å². The lowest BCUT2D eigenvalue weighted by atomic mass is 10.0. The number of nitrogens with one attached hydrogen (secondary N) is 1. The van der Waals surface area contributed by atoms with Crippen LogP contribution in [0.3, 0.4) is 0 Å². The molecule has 0 radical (unpaired) electrons. The summed E-state index contributed by atoms with van der Waals surface area (Å²) in [5.74, 6) is -0.447. The molecule has 5 heteroatoms. The first-order valence-electron chi connectivity index (χ1n) is 5.02. The van der Waals surface area contributed by atoms with E-state index in [2.05, 4.69) is 21.2 Å². The fraction of sp³-hybridized carbons (Fsp3) is 0.455. The summed E-state index contributed by atoms with van der Waals surface area (Å²) < 4.78 is 13.5. The van der Waals surface area contributed by atoms with E-state index in [0.29, 0.717) is 23.0 Å². The third kappa shape index (κ3) is 3.52. The van der Waals surface area contributed by atoms with Gasteiger partial charge in [-0.25, -0.2) is 4.39 Å². The zero-order valence-corrected chi connectivity index (χ0v) is 10.5. The molecule has 0 aromatic heterocycles. The molecule has 0 bridgehead atoms. The molecular weight excluding hydrogens is 277 g/mol. The number of rotatable bonds is 5. The van der Waals surface area contributed by atoms with Crippen LogP contribution in [0.4, 0.5) is 4.39 Å². The third-order valence-electron chi connectivity index (χ3n) is 2.34. The fourth-order valence-corrected chi connectivity index (χ4v) is 1.62. The van der Waals surface area contributed by atoms with Crippen molar-refractivity contribution in [3.05, 3.63) is 34.1 Å². The second-order valence-electron chi connectivity index (χ2n) is 3.58. The van der Waals surface area contributed by atoms with E-state index < -0.39 is 18.0 Å². The molecule has 16 heavy (non-hydrogen) atoms. The molecule has 0 aliphatic rings. The summed E-state index contributed by atoms with van der Waals surface area (Å²) in [4.78, 5) is 0. The minimum Gasteiger partial charge on any atom is -0.390 e. The standard InChI is InChI=1S/C11H15BrFNO2/c1-14-5-4-10(15)11(16)7-2-3-8(12)9(13)6-7/h2-3,6,10-11,14-16H,4-5H2,1H3. The van der Waals surface area contributed by atoms with E-state index in [1.54, 1.807) is 13.1 Å². The van der Waals surface area contributed by atoms with Crippen molar-refractivity contribution in [1.29, 1.82) is 0 Å². The summed E-state index contributed by atoms with van der Waals surface area (Å²) in [6.45, 7) is 0.594. The van der Waals surface area contributed by atoms with Crippen molar-refractivity contribution in [1.82, 2.24) is 5.32 Å². The minimum atomic E-state index is -1.06. The van der Waals surface area contributed by atoms with Gasteiger partial charge in [-0.3, -0.25) is 0 Å². The molecule has 2 atom stereocenters. The molecule has 90 valence electrons. The van der Waals surface area contributed by atoms with Crippen LogP contribution in [0.2, 0.25) is 0 Å². The lowest BCUT2D eigenvalue weighted by Crippen LogP contribution is -2.23. The first kappa shape index (κ1) is 13.6. The highest BCUT2D eigenvalue weighted by Crippen LogP contribution is 2.23. The van der Waals surface area contributed by atoms with Gasteiger partial charge in [0, 0.05) is 0 Å². The Kier molecular flexibility index (Phi) is 5.34. The van der Waals surface area contributed by atoms with E-state index in [1.807, 2.05) is 0 Å². The average Bonchev–Trinajstić information content (AvgIpc) is 2.28. The Labute approximate surface area is 102 Å². The Morgan fingerprint density at radius 1 is 1.44 bits per heavy atom. The zero-order chi connectivity index (χ0) is 12.1. The van der Waals surface area contributed by atoms with Crippen LogP contribution in [-0.4, -0.2) is 29.9 Å². The van der Waals surface area contributed by atoms with E-state index >= 15 is 0 Å². The Balaban J connectivity index is 2.71. The minimum absolute atomic E-state index is 0.341. The zero-order valence-electron chi connectivity index (χ0n) is 8.95. The van der Waals surface area contributed by atoms with Gasteiger partial charge in [-0.15, -0.1) is 0 Å². The normalized spacial score (nSPS) is 14.8. The molecule has 2 unspecified atom stereocenters. The highest BCUT2D eigenvalue weighted by molar-refractivity contribution is 9.10. The quantitative estimate of drug-likeness (QED) is 0.772. The monoisotopic (exact) mass is 291 g/mol. The number of hydrogen-bond donors (Lipinski definition) is 3. The maximum absolute atomic E-state index is 13.2. The van der Waals surface area contributed by atoms with Crippen molar-refractivity contribution >= 4 is 15.9 Å². The van der Waals surface area contributed by atoms with Crippen LogP contribution in [0.15, 0.2) is 22.7 Å². The van der Waals surface area contributed by atoms with Gasteiger partial charge in [-0.2, -0.15) is 0 Å². The maximum Gasteiger partial charge on any atom is 0.137 e. The molecule has 0 amide bonds. The lowest BCUT2D eigenvalue weighted by Gasteiger charge is -2.18. The van der Waals surface area contributed by atoms with Gasteiger partial charge in [0.15, 0.2) is 0 Å². The van der Waals surface area contributed by atoms with Gasteiger partial charge < -0.3 is 15.5 Å². The SMILES string of the molecule is CNCCC(O)C(O)c1ccc(Br)c(F)c1. The van der Waals surface area contributed by atoms with E-state index in [-0.39, 0.29) is 0 Å². The summed E-state index contributed by atoms with van der Waals surface area (Å²) in [6, 6.07) is 4.32. The number of benzene rings is 1. The Morgan fingerprint density at radius 3 is 2.69 bits per heavy atom. The van der Waals surface area contributed by atoms with Gasteiger partial charge in [0.25, 0.3) is 0 Å². The van der Waals surface area contributed by atoms with Crippen LogP contribution in [0.25, 0.3) is 0 Å². The van der Waals surface area contributed by atoms with E-state index in [9.17, 15) is 14.6 Å². The van der Waals surface area contributed by atoms with Crippen molar-refractivity contribution in [2.24, 2.45) is 0 Å². The predicted molar refractivity (Wildman–Crippen MR) is 63.6 cm³/mol. The number of aliphatic hydroxyl groups is 2. The van der Waals surface area contributed by atoms with Gasteiger partial charge in [0.05, 0.1) is 10.6 Å². The van der Waals surface area contributed by atoms with Crippen molar-refractivity contribution in [3.8, 4) is 0 Å². The Bertz CT molecular complexity index is 349. The molecule has 0 aliphatic heterocycles. The van der Waals surface area contributed by atoms with Crippen molar-refractivity contribution in [2.75, 3.05) is 13.6 Å². The van der Waals surface area contributed by atoms with E-state index in [1.165, 1.54) is 12.1 Å². The molecule has 0 saturated heterocycles. The maximum atomic E-state index is 13.2. The molecule has 0 spiro atoms. The first-order chi connectivity index (χ1) is 7.56. The summed E-state index contributed by atoms with van der Waals surface area (Å²) >= 11 is 3.03. The largest absolute Gasteiger partial charge is 0.390 e. The second-order valence-corrected chi connectivity index (χ2v) is 4.43. The smallest absolute Gasteiger partial charge is 0.137 e. The molecule has 0 saturated carbocycles. The average molecular weight is 292 g/mol. The summed E-state index contributed by atoms with van der Waals surface area (Å²) in [7, 11) is 1.76. The highest BCUT2D eigenvalue weighted by atomic mass is 79.9. The van der Waals surface area contributed by atoms with Crippen LogP contribution in [0, 0.1) is 5.82 Å².